The third-order valence-corrected chi connectivity index (χ3v) is 2.47. The summed E-state index contributed by atoms with van der Waals surface area (Å²) in [7, 11) is 0. The molecule has 1 aromatic rings. The summed E-state index contributed by atoms with van der Waals surface area (Å²) in [6.45, 7) is 5.57. The van der Waals surface area contributed by atoms with Crippen molar-refractivity contribution in [3.8, 4) is 0 Å². The van der Waals surface area contributed by atoms with E-state index in [9.17, 15) is 4.79 Å². The lowest BCUT2D eigenvalue weighted by Gasteiger charge is -2.05. The number of benzene rings is 1. The zero-order chi connectivity index (χ0) is 9.30. The van der Waals surface area contributed by atoms with Gasteiger partial charge in [-0.25, -0.2) is 0 Å². The molecular weight excluding hydrogens is 216 g/mol. The molecule has 0 amide bonds. The minimum atomic E-state index is 0.122. The highest BCUT2D eigenvalue weighted by molar-refractivity contribution is 9.10. The minimum Gasteiger partial charge on any atom is -0.295 e. The van der Waals surface area contributed by atoms with E-state index in [1.807, 2.05) is 26.0 Å². The van der Waals surface area contributed by atoms with Crippen LogP contribution in [0.2, 0.25) is 0 Å². The van der Waals surface area contributed by atoms with Crippen molar-refractivity contribution >= 4 is 21.7 Å². The maximum atomic E-state index is 11.1. The molecular formula is C10H11BrO. The molecule has 1 nitrogen and oxygen atoms in total. The van der Waals surface area contributed by atoms with Crippen molar-refractivity contribution in [2.24, 2.45) is 0 Å². The Morgan fingerprint density at radius 2 is 1.92 bits per heavy atom. The first kappa shape index (κ1) is 9.46. The Morgan fingerprint density at radius 3 is 2.42 bits per heavy atom. The molecule has 0 saturated heterocycles. The molecule has 0 aliphatic carbocycles. The van der Waals surface area contributed by atoms with Crippen LogP contribution in [0.3, 0.4) is 0 Å². The summed E-state index contributed by atoms with van der Waals surface area (Å²) in [5.74, 6) is 0.122. The van der Waals surface area contributed by atoms with Gasteiger partial charge < -0.3 is 0 Å². The number of aryl methyl sites for hydroxylation is 1. The summed E-state index contributed by atoms with van der Waals surface area (Å²) in [5.41, 5.74) is 3.03. The predicted octanol–water partition coefficient (Wildman–Crippen LogP) is 3.27. The van der Waals surface area contributed by atoms with E-state index in [-0.39, 0.29) is 5.78 Å². The average Bonchev–Trinajstić information content (AvgIpc) is 1.96. The van der Waals surface area contributed by atoms with Gasteiger partial charge in [0.15, 0.2) is 5.78 Å². The van der Waals surface area contributed by atoms with E-state index < -0.39 is 0 Å². The summed E-state index contributed by atoms with van der Waals surface area (Å²) in [5, 5.41) is 0. The lowest BCUT2D eigenvalue weighted by atomic mass is 10.0. The number of rotatable bonds is 1. The molecule has 0 N–H and O–H groups in total. The van der Waals surface area contributed by atoms with Crippen molar-refractivity contribution in [1.29, 1.82) is 0 Å². The number of ketones is 1. The number of hydrogen-bond acceptors (Lipinski definition) is 1. The Kier molecular flexibility index (Phi) is 2.68. The van der Waals surface area contributed by atoms with Gasteiger partial charge in [0.25, 0.3) is 0 Å². The lowest BCUT2D eigenvalue weighted by Crippen LogP contribution is -1.97. The van der Waals surface area contributed by atoms with Gasteiger partial charge in [-0.05, 0) is 44.0 Å². The van der Waals surface area contributed by atoms with Gasteiger partial charge in [0.2, 0.25) is 0 Å². The summed E-state index contributed by atoms with van der Waals surface area (Å²) in [6.07, 6.45) is 0. The molecule has 1 rings (SSSR count). The monoisotopic (exact) mass is 226 g/mol. The van der Waals surface area contributed by atoms with Crippen LogP contribution in [0.5, 0.6) is 0 Å². The molecule has 12 heavy (non-hydrogen) atoms. The first-order chi connectivity index (χ1) is 5.52. The Morgan fingerprint density at radius 1 is 1.33 bits per heavy atom. The molecule has 64 valence electrons. The minimum absolute atomic E-state index is 0.122. The summed E-state index contributed by atoms with van der Waals surface area (Å²) < 4.78 is 0.968. The van der Waals surface area contributed by atoms with Gasteiger partial charge in [0.05, 0.1) is 0 Å². The molecule has 0 fully saturated rings. The van der Waals surface area contributed by atoms with Crippen LogP contribution in [0.25, 0.3) is 0 Å². The molecule has 0 bridgehead atoms. The fraction of sp³-hybridized carbons (Fsp3) is 0.300. The quantitative estimate of drug-likeness (QED) is 0.673. The molecule has 0 aromatic heterocycles. The van der Waals surface area contributed by atoms with Crippen molar-refractivity contribution in [2.75, 3.05) is 0 Å². The molecule has 2 heteroatoms. The van der Waals surface area contributed by atoms with E-state index in [0.29, 0.717) is 0 Å². The van der Waals surface area contributed by atoms with Crippen LogP contribution >= 0.6 is 15.9 Å². The van der Waals surface area contributed by atoms with Gasteiger partial charge >= 0.3 is 0 Å². The molecule has 0 radical (unpaired) electrons. The largest absolute Gasteiger partial charge is 0.295 e. The Labute approximate surface area is 80.9 Å². The van der Waals surface area contributed by atoms with Crippen LogP contribution in [0.1, 0.15) is 28.4 Å². The molecule has 0 saturated carbocycles. The molecule has 0 aliphatic heterocycles. The fourth-order valence-electron chi connectivity index (χ4n) is 1.18. The second kappa shape index (κ2) is 3.40. The topological polar surface area (TPSA) is 17.1 Å². The number of carbonyl (C=O) groups excluding carboxylic acids is 1. The average molecular weight is 227 g/mol. The van der Waals surface area contributed by atoms with Crippen LogP contribution in [0.4, 0.5) is 0 Å². The highest BCUT2D eigenvalue weighted by Gasteiger charge is 2.06. The summed E-state index contributed by atoms with van der Waals surface area (Å²) >= 11 is 3.36. The van der Waals surface area contributed by atoms with E-state index >= 15 is 0 Å². The smallest absolute Gasteiger partial charge is 0.160 e. The second-order valence-electron chi connectivity index (χ2n) is 2.95. The van der Waals surface area contributed by atoms with Crippen LogP contribution in [0.15, 0.2) is 16.6 Å². The highest BCUT2D eigenvalue weighted by Crippen LogP contribution is 2.20. The number of hydrogen-bond donors (Lipinski definition) is 0. The van der Waals surface area contributed by atoms with Gasteiger partial charge in [-0.15, -0.1) is 0 Å². The summed E-state index contributed by atoms with van der Waals surface area (Å²) in [4.78, 5) is 11.1. The van der Waals surface area contributed by atoms with Gasteiger partial charge in [-0.3, -0.25) is 4.79 Å². The van der Waals surface area contributed by atoms with E-state index in [2.05, 4.69) is 15.9 Å². The van der Waals surface area contributed by atoms with E-state index in [0.717, 1.165) is 21.2 Å². The lowest BCUT2D eigenvalue weighted by molar-refractivity contribution is 0.101. The predicted molar refractivity (Wildman–Crippen MR) is 53.6 cm³/mol. The van der Waals surface area contributed by atoms with Gasteiger partial charge in [0, 0.05) is 10.0 Å². The number of Topliss-reactive ketones (excluding diaryl/α,β-unsaturated/α-hetero) is 1. The standard InChI is InChI=1S/C10H11BrO/c1-6-4-9(11)5-10(7(6)2)8(3)12/h4-5H,1-3H3. The zero-order valence-corrected chi connectivity index (χ0v) is 9.03. The molecule has 0 atom stereocenters. The van der Waals surface area contributed by atoms with Gasteiger partial charge in [0.1, 0.15) is 0 Å². The number of carbonyl (C=O) groups is 1. The normalized spacial score (nSPS) is 10.0. The molecule has 0 unspecified atom stereocenters. The third-order valence-electron chi connectivity index (χ3n) is 2.01. The van der Waals surface area contributed by atoms with Crippen LogP contribution in [-0.4, -0.2) is 5.78 Å². The zero-order valence-electron chi connectivity index (χ0n) is 7.44. The van der Waals surface area contributed by atoms with Crippen molar-refractivity contribution in [1.82, 2.24) is 0 Å². The Hall–Kier alpha value is -0.630. The van der Waals surface area contributed by atoms with Crippen LogP contribution in [-0.2, 0) is 0 Å². The van der Waals surface area contributed by atoms with Crippen molar-refractivity contribution in [3.05, 3.63) is 33.3 Å². The van der Waals surface area contributed by atoms with Crippen molar-refractivity contribution < 1.29 is 4.79 Å². The molecule has 0 spiro atoms. The van der Waals surface area contributed by atoms with Crippen molar-refractivity contribution in [3.63, 3.8) is 0 Å². The first-order valence-electron chi connectivity index (χ1n) is 3.80. The fourth-order valence-corrected chi connectivity index (χ4v) is 1.75. The SMILES string of the molecule is CC(=O)c1cc(Br)cc(C)c1C. The van der Waals surface area contributed by atoms with Gasteiger partial charge in [-0.1, -0.05) is 15.9 Å². The highest BCUT2D eigenvalue weighted by atomic mass is 79.9. The van der Waals surface area contributed by atoms with E-state index in [4.69, 9.17) is 0 Å². The first-order valence-corrected chi connectivity index (χ1v) is 4.59. The molecule has 0 aliphatic rings. The van der Waals surface area contributed by atoms with Gasteiger partial charge in [-0.2, -0.15) is 0 Å². The maximum absolute atomic E-state index is 11.1. The van der Waals surface area contributed by atoms with Crippen LogP contribution < -0.4 is 0 Å². The Bertz CT molecular complexity index is 329. The van der Waals surface area contributed by atoms with E-state index in [1.165, 1.54) is 0 Å². The second-order valence-corrected chi connectivity index (χ2v) is 3.87. The van der Waals surface area contributed by atoms with E-state index in [1.54, 1.807) is 6.92 Å². The van der Waals surface area contributed by atoms with Crippen molar-refractivity contribution in [2.45, 2.75) is 20.8 Å². The number of halogens is 1. The molecule has 0 heterocycles. The maximum Gasteiger partial charge on any atom is 0.160 e. The molecule has 1 aromatic carbocycles. The third kappa shape index (κ3) is 1.75. The summed E-state index contributed by atoms with van der Waals surface area (Å²) in [6, 6.07) is 3.88. The Balaban J connectivity index is 3.37. The van der Waals surface area contributed by atoms with Crippen LogP contribution in [0, 0.1) is 13.8 Å².